The molecule has 11 nitrogen and oxygen atoms in total. The number of aliphatic hydroxyl groups excluding tert-OH is 7. The maximum atomic E-state index is 13.1. The highest BCUT2D eigenvalue weighted by Crippen LogP contribution is 2.23. The van der Waals surface area contributed by atoms with E-state index in [9.17, 15) is 40.5 Å². The third-order valence-corrected chi connectivity index (χ3v) is 11.6. The van der Waals surface area contributed by atoms with E-state index in [1.54, 1.807) is 0 Å². The molecule has 1 aliphatic rings. The molecule has 0 aromatic carbocycles. The number of nitrogens with one attached hydrogen (secondary N) is 1. The molecule has 0 bridgehead atoms. The van der Waals surface area contributed by atoms with Crippen molar-refractivity contribution in [1.82, 2.24) is 5.32 Å². The maximum Gasteiger partial charge on any atom is 0.249 e. The summed E-state index contributed by atoms with van der Waals surface area (Å²) < 4.78 is 11.1. The molecule has 0 aliphatic carbocycles. The summed E-state index contributed by atoms with van der Waals surface area (Å²) in [5.74, 6) is -0.717. The van der Waals surface area contributed by atoms with Crippen LogP contribution in [0.15, 0.2) is 36.5 Å². The summed E-state index contributed by atoms with van der Waals surface area (Å²) in [6.45, 7) is 3.36. The van der Waals surface area contributed by atoms with Crippen LogP contribution in [0.3, 0.4) is 0 Å². The Kier molecular flexibility index (Phi) is 36.6. The fourth-order valence-electron chi connectivity index (χ4n) is 7.55. The van der Waals surface area contributed by atoms with Crippen LogP contribution in [-0.4, -0.2) is 110 Å². The van der Waals surface area contributed by atoms with Crippen LogP contribution in [0.2, 0.25) is 0 Å². The lowest BCUT2D eigenvalue weighted by Gasteiger charge is -2.40. The van der Waals surface area contributed by atoms with Crippen LogP contribution < -0.4 is 5.32 Å². The molecular weight excluding hydrogens is 763 g/mol. The monoisotopic (exact) mass is 854 g/mol. The second kappa shape index (κ2) is 39.0. The number of hydrogen-bond donors (Lipinski definition) is 8. The lowest BCUT2D eigenvalue weighted by molar-refractivity contribution is -0.303. The van der Waals surface area contributed by atoms with Crippen molar-refractivity contribution in [3.8, 4) is 0 Å². The van der Waals surface area contributed by atoms with E-state index in [4.69, 9.17) is 9.47 Å². The predicted octanol–water partition coefficient (Wildman–Crippen LogP) is 8.39. The molecule has 0 radical (unpaired) electrons. The molecule has 8 N–H and O–H groups in total. The number of allylic oxidation sites excluding steroid dienone is 6. The molecule has 60 heavy (non-hydrogen) atoms. The highest BCUT2D eigenvalue weighted by atomic mass is 16.7. The second-order valence-electron chi connectivity index (χ2n) is 17.2. The molecule has 9 unspecified atom stereocenters. The van der Waals surface area contributed by atoms with Gasteiger partial charge in [-0.1, -0.05) is 166 Å². The fraction of sp³-hybridized carbons (Fsp3) is 0.857. The van der Waals surface area contributed by atoms with E-state index in [0.717, 1.165) is 57.8 Å². The van der Waals surface area contributed by atoms with Gasteiger partial charge in [0.2, 0.25) is 5.91 Å². The summed E-state index contributed by atoms with van der Waals surface area (Å²) in [6, 6.07) is -1.19. The van der Waals surface area contributed by atoms with Crippen LogP contribution in [0.4, 0.5) is 0 Å². The van der Waals surface area contributed by atoms with E-state index in [1.807, 2.05) is 0 Å². The molecule has 0 spiro atoms. The van der Waals surface area contributed by atoms with Gasteiger partial charge >= 0.3 is 0 Å². The van der Waals surface area contributed by atoms with Gasteiger partial charge in [0.15, 0.2) is 6.29 Å². The Morgan fingerprint density at radius 1 is 0.567 bits per heavy atom. The van der Waals surface area contributed by atoms with Crippen molar-refractivity contribution in [2.75, 3.05) is 13.2 Å². The average Bonchev–Trinajstić information content (AvgIpc) is 3.25. The van der Waals surface area contributed by atoms with Crippen LogP contribution in [0.25, 0.3) is 0 Å². The van der Waals surface area contributed by atoms with Crippen molar-refractivity contribution < 1.29 is 50.0 Å². The standard InChI is InChI=1S/C49H91NO10/c1-3-5-7-9-11-13-15-16-17-18-19-20-21-22-23-24-25-27-29-31-33-35-37-42(53)48(58)50-40(39-59-49-47(57)46(56)45(55)43(38-51)60-49)44(54)41(52)36-34-32-30-28-26-14-12-10-8-6-4-2/h10,12,22-23,28,30,40-47,49,51-57H,3-9,11,13-21,24-27,29,31-39H2,1-2H3,(H,50,58)/b12-10+,23-22-,30-28+. The van der Waals surface area contributed by atoms with Gasteiger partial charge in [-0.3, -0.25) is 4.79 Å². The van der Waals surface area contributed by atoms with E-state index >= 15 is 0 Å². The first-order chi connectivity index (χ1) is 29.2. The van der Waals surface area contributed by atoms with E-state index in [2.05, 4.69) is 55.6 Å². The van der Waals surface area contributed by atoms with E-state index < -0.39 is 74.2 Å². The van der Waals surface area contributed by atoms with Crippen molar-refractivity contribution >= 4 is 5.91 Å². The number of rotatable bonds is 40. The summed E-state index contributed by atoms with van der Waals surface area (Å²) in [4.78, 5) is 13.1. The summed E-state index contributed by atoms with van der Waals surface area (Å²) in [6.07, 6.45) is 33.5. The van der Waals surface area contributed by atoms with Gasteiger partial charge in [-0.15, -0.1) is 0 Å². The molecule has 1 saturated heterocycles. The molecular formula is C49H91NO10. The Hall–Kier alpha value is -1.67. The minimum absolute atomic E-state index is 0.243. The second-order valence-corrected chi connectivity index (χ2v) is 17.2. The molecule has 1 amide bonds. The molecule has 1 fully saturated rings. The van der Waals surface area contributed by atoms with Gasteiger partial charge < -0.3 is 50.5 Å². The van der Waals surface area contributed by atoms with Gasteiger partial charge in [-0.05, 0) is 70.6 Å². The molecule has 1 rings (SSSR count). The number of amides is 1. The molecule has 0 aromatic heterocycles. The highest BCUT2D eigenvalue weighted by molar-refractivity contribution is 5.80. The first kappa shape index (κ1) is 56.3. The van der Waals surface area contributed by atoms with Crippen molar-refractivity contribution in [2.24, 2.45) is 0 Å². The van der Waals surface area contributed by atoms with Gasteiger partial charge in [-0.2, -0.15) is 0 Å². The number of aliphatic hydroxyl groups is 7. The minimum Gasteiger partial charge on any atom is -0.394 e. The van der Waals surface area contributed by atoms with Gasteiger partial charge in [0, 0.05) is 0 Å². The molecule has 352 valence electrons. The van der Waals surface area contributed by atoms with E-state index in [0.29, 0.717) is 19.3 Å². The lowest BCUT2D eigenvalue weighted by Crippen LogP contribution is -2.60. The average molecular weight is 854 g/mol. The van der Waals surface area contributed by atoms with Gasteiger partial charge in [-0.25, -0.2) is 0 Å². The van der Waals surface area contributed by atoms with Crippen molar-refractivity contribution in [3.63, 3.8) is 0 Å². The third kappa shape index (κ3) is 28.1. The SMILES string of the molecule is CCCC/C=C/CC/C=C/CCCC(O)C(O)C(COC1OC(CO)C(O)C(O)C1O)NC(=O)C(O)CCCCCCCC/C=C\CCCCCCCCCCCCCC. The smallest absolute Gasteiger partial charge is 0.249 e. The predicted molar refractivity (Wildman–Crippen MR) is 242 cm³/mol. The van der Waals surface area contributed by atoms with Gasteiger partial charge in [0.1, 0.15) is 36.6 Å². The topological polar surface area (TPSA) is 189 Å². The van der Waals surface area contributed by atoms with Crippen LogP contribution in [0, 0.1) is 0 Å². The first-order valence-electron chi connectivity index (χ1n) is 24.4. The normalized spacial score (nSPS) is 21.9. The molecule has 1 heterocycles. The quantitative estimate of drug-likeness (QED) is 0.0220. The Balaban J connectivity index is 2.39. The minimum atomic E-state index is -1.67. The zero-order valence-corrected chi connectivity index (χ0v) is 37.9. The Morgan fingerprint density at radius 3 is 1.53 bits per heavy atom. The summed E-state index contributed by atoms with van der Waals surface area (Å²) in [7, 11) is 0. The van der Waals surface area contributed by atoms with E-state index in [1.165, 1.54) is 96.3 Å². The number of carbonyl (C=O) groups excluding carboxylic acids is 1. The Labute approximate surface area is 365 Å². The summed E-state index contributed by atoms with van der Waals surface area (Å²) in [5, 5.41) is 75.6. The molecule has 1 aliphatic heterocycles. The van der Waals surface area contributed by atoms with Crippen molar-refractivity contribution in [3.05, 3.63) is 36.5 Å². The molecule has 9 atom stereocenters. The largest absolute Gasteiger partial charge is 0.394 e. The zero-order valence-electron chi connectivity index (χ0n) is 37.9. The summed E-state index contributed by atoms with van der Waals surface area (Å²) in [5.41, 5.74) is 0. The fourth-order valence-corrected chi connectivity index (χ4v) is 7.55. The van der Waals surface area contributed by atoms with E-state index in [-0.39, 0.29) is 12.8 Å². The first-order valence-corrected chi connectivity index (χ1v) is 24.4. The maximum absolute atomic E-state index is 13.1. The lowest BCUT2D eigenvalue weighted by atomic mass is 9.98. The number of unbranched alkanes of at least 4 members (excludes halogenated alkanes) is 22. The van der Waals surface area contributed by atoms with Crippen molar-refractivity contribution in [1.29, 1.82) is 0 Å². The molecule has 0 saturated carbocycles. The van der Waals surface area contributed by atoms with Gasteiger partial charge in [0.25, 0.3) is 0 Å². The van der Waals surface area contributed by atoms with Gasteiger partial charge in [0.05, 0.1) is 25.4 Å². The number of hydrogen-bond acceptors (Lipinski definition) is 10. The van der Waals surface area contributed by atoms with Crippen LogP contribution in [-0.2, 0) is 14.3 Å². The van der Waals surface area contributed by atoms with Crippen LogP contribution in [0.5, 0.6) is 0 Å². The summed E-state index contributed by atoms with van der Waals surface area (Å²) >= 11 is 0. The molecule has 11 heteroatoms. The number of ether oxygens (including phenoxy) is 2. The number of carbonyl (C=O) groups is 1. The molecule has 0 aromatic rings. The Morgan fingerprint density at radius 2 is 1.02 bits per heavy atom. The Bertz CT molecular complexity index is 1070. The van der Waals surface area contributed by atoms with Crippen LogP contribution >= 0.6 is 0 Å². The highest BCUT2D eigenvalue weighted by Gasteiger charge is 2.44. The zero-order chi connectivity index (χ0) is 44.1. The van der Waals surface area contributed by atoms with Crippen molar-refractivity contribution in [2.45, 2.75) is 255 Å². The third-order valence-electron chi connectivity index (χ3n) is 11.6. The van der Waals surface area contributed by atoms with Crippen LogP contribution in [0.1, 0.15) is 200 Å².